The molecule has 130 valence electrons. The lowest BCUT2D eigenvalue weighted by molar-refractivity contribution is -0.117. The molecular weight excluding hydrogens is 330 g/mol. The highest BCUT2D eigenvalue weighted by Gasteiger charge is 2.38. The third-order valence-electron chi connectivity index (χ3n) is 4.40. The Morgan fingerprint density at radius 3 is 2.58 bits per heavy atom. The number of nitrogens with one attached hydrogen (secondary N) is 1. The van der Waals surface area contributed by atoms with Crippen LogP contribution in [0.15, 0.2) is 65.2 Å². The van der Waals surface area contributed by atoms with Crippen molar-refractivity contribution >= 4 is 23.3 Å². The SMILES string of the molecule is Cc1cc(NC(=O)[C@H]2Cc3ccccc3N2C(=O)c2ccccc2)no1. The molecule has 1 atom stereocenters. The number of nitrogens with zero attached hydrogens (tertiary/aromatic N) is 2. The molecule has 6 nitrogen and oxygen atoms in total. The number of benzene rings is 2. The first-order chi connectivity index (χ1) is 12.6. The molecule has 3 aromatic rings. The smallest absolute Gasteiger partial charge is 0.259 e. The van der Waals surface area contributed by atoms with Crippen molar-refractivity contribution in [2.45, 2.75) is 19.4 Å². The molecule has 0 spiro atoms. The summed E-state index contributed by atoms with van der Waals surface area (Å²) in [7, 11) is 0. The van der Waals surface area contributed by atoms with E-state index in [1.165, 1.54) is 0 Å². The Morgan fingerprint density at radius 2 is 1.85 bits per heavy atom. The van der Waals surface area contributed by atoms with Gasteiger partial charge >= 0.3 is 0 Å². The molecular formula is C20H17N3O3. The number of aryl methyl sites for hydroxylation is 1. The Kier molecular flexibility index (Phi) is 4.01. The number of carbonyl (C=O) groups is 2. The van der Waals surface area contributed by atoms with Gasteiger partial charge in [-0.1, -0.05) is 41.6 Å². The van der Waals surface area contributed by atoms with Crippen LogP contribution in [0.2, 0.25) is 0 Å². The van der Waals surface area contributed by atoms with Crippen molar-refractivity contribution in [1.29, 1.82) is 0 Å². The van der Waals surface area contributed by atoms with Gasteiger partial charge in [-0.15, -0.1) is 0 Å². The molecule has 0 unspecified atom stereocenters. The van der Waals surface area contributed by atoms with Crippen LogP contribution in [0.5, 0.6) is 0 Å². The van der Waals surface area contributed by atoms with Gasteiger partial charge < -0.3 is 9.84 Å². The number of fused-ring (bicyclic) bond motifs is 1. The molecule has 0 bridgehead atoms. The van der Waals surface area contributed by atoms with Crippen molar-refractivity contribution in [2.24, 2.45) is 0 Å². The van der Waals surface area contributed by atoms with E-state index in [2.05, 4.69) is 10.5 Å². The molecule has 1 N–H and O–H groups in total. The zero-order valence-corrected chi connectivity index (χ0v) is 14.2. The zero-order chi connectivity index (χ0) is 18.1. The molecule has 6 heteroatoms. The third kappa shape index (κ3) is 2.86. The largest absolute Gasteiger partial charge is 0.360 e. The summed E-state index contributed by atoms with van der Waals surface area (Å²) in [6.45, 7) is 1.75. The first-order valence-corrected chi connectivity index (χ1v) is 8.34. The number of para-hydroxylation sites is 1. The highest BCUT2D eigenvalue weighted by molar-refractivity contribution is 6.13. The Bertz CT molecular complexity index is 965. The average Bonchev–Trinajstić information content (AvgIpc) is 3.25. The van der Waals surface area contributed by atoms with Gasteiger partial charge in [0.05, 0.1) is 0 Å². The lowest BCUT2D eigenvalue weighted by atomic mass is 10.1. The maximum Gasteiger partial charge on any atom is 0.259 e. The van der Waals surface area contributed by atoms with Crippen molar-refractivity contribution in [3.05, 3.63) is 77.6 Å². The Balaban J connectivity index is 1.67. The van der Waals surface area contributed by atoms with Gasteiger partial charge in [-0.2, -0.15) is 0 Å². The highest BCUT2D eigenvalue weighted by Crippen LogP contribution is 2.33. The van der Waals surface area contributed by atoms with Gasteiger partial charge in [-0.3, -0.25) is 14.5 Å². The van der Waals surface area contributed by atoms with Gasteiger partial charge in [0.1, 0.15) is 11.8 Å². The van der Waals surface area contributed by atoms with Crippen LogP contribution < -0.4 is 10.2 Å². The first kappa shape index (κ1) is 16.1. The molecule has 2 aromatic carbocycles. The fourth-order valence-corrected chi connectivity index (χ4v) is 3.20. The molecule has 0 saturated carbocycles. The minimum atomic E-state index is -0.642. The summed E-state index contributed by atoms with van der Waals surface area (Å²) in [5.41, 5.74) is 2.27. The molecule has 1 aliphatic rings. The maximum atomic E-state index is 13.1. The molecule has 1 aromatic heterocycles. The number of rotatable bonds is 3. The molecule has 26 heavy (non-hydrogen) atoms. The predicted molar refractivity (Wildman–Crippen MR) is 97.1 cm³/mol. The van der Waals surface area contributed by atoms with E-state index in [0.717, 1.165) is 11.3 Å². The van der Waals surface area contributed by atoms with E-state index in [1.54, 1.807) is 30.0 Å². The number of amides is 2. The van der Waals surface area contributed by atoms with E-state index >= 15 is 0 Å². The quantitative estimate of drug-likeness (QED) is 0.789. The van der Waals surface area contributed by atoms with Gasteiger partial charge in [0.15, 0.2) is 5.82 Å². The summed E-state index contributed by atoms with van der Waals surface area (Å²) in [6.07, 6.45) is 0.456. The highest BCUT2D eigenvalue weighted by atomic mass is 16.5. The minimum absolute atomic E-state index is 0.202. The van der Waals surface area contributed by atoms with Crippen LogP contribution in [0.1, 0.15) is 21.7 Å². The van der Waals surface area contributed by atoms with E-state index < -0.39 is 6.04 Å². The number of carbonyl (C=O) groups excluding carboxylic acids is 2. The number of hydrogen-bond acceptors (Lipinski definition) is 4. The Labute approximate surface area is 150 Å². The number of anilines is 2. The zero-order valence-electron chi connectivity index (χ0n) is 14.2. The van der Waals surface area contributed by atoms with Gasteiger partial charge in [-0.05, 0) is 30.7 Å². The van der Waals surface area contributed by atoms with Crippen LogP contribution in [0.4, 0.5) is 11.5 Å². The van der Waals surface area contributed by atoms with Crippen molar-refractivity contribution in [1.82, 2.24) is 5.16 Å². The normalized spacial score (nSPS) is 15.6. The number of hydrogen-bond donors (Lipinski definition) is 1. The van der Waals surface area contributed by atoms with Crippen LogP contribution in [-0.2, 0) is 11.2 Å². The molecule has 0 aliphatic carbocycles. The van der Waals surface area contributed by atoms with Crippen LogP contribution in [0.3, 0.4) is 0 Å². The lowest BCUT2D eigenvalue weighted by Crippen LogP contribution is -2.45. The summed E-state index contributed by atoms with van der Waals surface area (Å²) in [5.74, 6) is 0.452. The van der Waals surface area contributed by atoms with Crippen LogP contribution >= 0.6 is 0 Å². The second kappa shape index (κ2) is 6.48. The topological polar surface area (TPSA) is 75.4 Å². The molecule has 1 aliphatic heterocycles. The van der Waals surface area contributed by atoms with Crippen molar-refractivity contribution in [3.8, 4) is 0 Å². The van der Waals surface area contributed by atoms with Gasteiger partial charge in [0.25, 0.3) is 5.91 Å². The molecule has 2 amide bonds. The van der Waals surface area contributed by atoms with Crippen molar-refractivity contribution in [3.63, 3.8) is 0 Å². The second-order valence-corrected chi connectivity index (χ2v) is 6.20. The fraction of sp³-hybridized carbons (Fsp3) is 0.150. The summed E-state index contributed by atoms with van der Waals surface area (Å²) in [6, 6.07) is 17.5. The van der Waals surface area contributed by atoms with E-state index in [1.807, 2.05) is 42.5 Å². The predicted octanol–water partition coefficient (Wildman–Crippen LogP) is 3.19. The van der Waals surface area contributed by atoms with Crippen molar-refractivity contribution < 1.29 is 14.1 Å². The molecule has 0 radical (unpaired) electrons. The molecule has 0 fully saturated rings. The van der Waals surface area contributed by atoms with E-state index in [-0.39, 0.29) is 11.8 Å². The molecule has 2 heterocycles. The van der Waals surface area contributed by atoms with Crippen LogP contribution in [-0.4, -0.2) is 23.0 Å². The summed E-state index contributed by atoms with van der Waals surface area (Å²) < 4.78 is 4.99. The summed E-state index contributed by atoms with van der Waals surface area (Å²) in [5, 5.41) is 6.53. The Hall–Kier alpha value is -3.41. The fourth-order valence-electron chi connectivity index (χ4n) is 3.20. The lowest BCUT2D eigenvalue weighted by Gasteiger charge is -2.24. The van der Waals surface area contributed by atoms with E-state index in [4.69, 9.17) is 4.52 Å². The summed E-state index contributed by atoms with van der Waals surface area (Å²) in [4.78, 5) is 27.5. The third-order valence-corrected chi connectivity index (χ3v) is 4.40. The van der Waals surface area contributed by atoms with E-state index in [9.17, 15) is 9.59 Å². The molecule has 4 rings (SSSR count). The van der Waals surface area contributed by atoms with Gasteiger partial charge in [-0.25, -0.2) is 0 Å². The minimum Gasteiger partial charge on any atom is -0.360 e. The number of aromatic nitrogens is 1. The monoisotopic (exact) mass is 347 g/mol. The average molecular weight is 347 g/mol. The van der Waals surface area contributed by atoms with E-state index in [0.29, 0.717) is 23.6 Å². The van der Waals surface area contributed by atoms with Crippen molar-refractivity contribution in [2.75, 3.05) is 10.2 Å². The second-order valence-electron chi connectivity index (χ2n) is 6.20. The first-order valence-electron chi connectivity index (χ1n) is 8.34. The standard InChI is InChI=1S/C20H17N3O3/c1-13-11-18(22-26-13)21-19(24)17-12-15-9-5-6-10-16(15)23(17)20(25)14-7-3-2-4-8-14/h2-11,17H,12H2,1H3,(H,21,22,24)/t17-/m1/s1. The Morgan fingerprint density at radius 1 is 1.12 bits per heavy atom. The molecule has 0 saturated heterocycles. The van der Waals surface area contributed by atoms with Crippen LogP contribution in [0.25, 0.3) is 0 Å². The van der Waals surface area contributed by atoms with Gasteiger partial charge in [0, 0.05) is 23.7 Å². The van der Waals surface area contributed by atoms with Gasteiger partial charge in [0.2, 0.25) is 5.91 Å². The maximum absolute atomic E-state index is 13.1. The summed E-state index contributed by atoms with van der Waals surface area (Å²) >= 11 is 0. The van der Waals surface area contributed by atoms with Crippen LogP contribution in [0, 0.1) is 6.92 Å².